The van der Waals surface area contributed by atoms with Crippen LogP contribution in [0.5, 0.6) is 5.75 Å². The molecule has 0 radical (unpaired) electrons. The molecule has 0 atom stereocenters. The highest BCUT2D eigenvalue weighted by Gasteiger charge is 2.39. The zero-order valence-corrected chi connectivity index (χ0v) is 14.8. The van der Waals surface area contributed by atoms with Crippen LogP contribution in [0.3, 0.4) is 0 Å². The normalized spacial score (nSPS) is 15.6. The number of rotatable bonds is 7. The summed E-state index contributed by atoms with van der Waals surface area (Å²) < 4.78 is 29.6. The molecular weight excluding hydrogens is 314 g/mol. The topological polar surface area (TPSA) is 63.7 Å². The Morgan fingerprint density at radius 1 is 1.26 bits per heavy atom. The Morgan fingerprint density at radius 3 is 2.39 bits per heavy atom. The molecule has 1 aliphatic rings. The van der Waals surface area contributed by atoms with E-state index in [9.17, 15) is 13.2 Å². The van der Waals surface area contributed by atoms with Crippen LogP contribution in [0.25, 0.3) is 0 Å². The van der Waals surface area contributed by atoms with Gasteiger partial charge in [-0.15, -0.1) is 0 Å². The average Bonchev–Trinajstić information content (AvgIpc) is 2.37. The minimum absolute atomic E-state index is 0.0230. The molecule has 1 aromatic carbocycles. The SMILES string of the molecule is CCOc1ccc(CC(=O)N2CC(S(=O)(=O)CC(C)C)C2)cc1. The number of likely N-dealkylation sites (tertiary alicyclic amines) is 1. The number of amides is 1. The van der Waals surface area contributed by atoms with E-state index in [1.807, 2.05) is 45.0 Å². The van der Waals surface area contributed by atoms with E-state index in [1.54, 1.807) is 4.90 Å². The lowest BCUT2D eigenvalue weighted by Crippen LogP contribution is -2.58. The second-order valence-electron chi connectivity index (χ2n) is 6.40. The quantitative estimate of drug-likeness (QED) is 0.761. The van der Waals surface area contributed by atoms with Crippen LogP contribution in [-0.2, 0) is 21.1 Å². The molecule has 23 heavy (non-hydrogen) atoms. The molecule has 0 aliphatic carbocycles. The Balaban J connectivity index is 1.84. The molecule has 1 saturated heterocycles. The summed E-state index contributed by atoms with van der Waals surface area (Å²) in [5.41, 5.74) is 0.909. The summed E-state index contributed by atoms with van der Waals surface area (Å²) in [7, 11) is -3.08. The predicted molar refractivity (Wildman–Crippen MR) is 90.3 cm³/mol. The molecule has 1 aliphatic heterocycles. The van der Waals surface area contributed by atoms with Crippen molar-refractivity contribution in [1.82, 2.24) is 4.90 Å². The lowest BCUT2D eigenvalue weighted by Gasteiger charge is -2.39. The first-order valence-corrected chi connectivity index (χ1v) is 9.74. The van der Waals surface area contributed by atoms with Crippen LogP contribution < -0.4 is 4.74 Å². The van der Waals surface area contributed by atoms with E-state index in [0.717, 1.165) is 11.3 Å². The molecule has 0 unspecified atom stereocenters. The van der Waals surface area contributed by atoms with Gasteiger partial charge in [0.05, 0.1) is 24.0 Å². The minimum Gasteiger partial charge on any atom is -0.494 e. The fourth-order valence-corrected chi connectivity index (χ4v) is 4.64. The zero-order valence-electron chi connectivity index (χ0n) is 14.0. The maximum atomic E-state index is 12.2. The van der Waals surface area contributed by atoms with Crippen molar-refractivity contribution in [3.8, 4) is 5.75 Å². The van der Waals surface area contributed by atoms with Gasteiger partial charge in [0.25, 0.3) is 0 Å². The van der Waals surface area contributed by atoms with Crippen LogP contribution in [0, 0.1) is 5.92 Å². The van der Waals surface area contributed by atoms with Gasteiger partial charge in [-0.25, -0.2) is 8.42 Å². The van der Waals surface area contributed by atoms with Crippen molar-refractivity contribution in [2.45, 2.75) is 32.4 Å². The van der Waals surface area contributed by atoms with Crippen molar-refractivity contribution >= 4 is 15.7 Å². The van der Waals surface area contributed by atoms with Crippen molar-refractivity contribution in [2.75, 3.05) is 25.4 Å². The molecule has 0 bridgehead atoms. The molecule has 1 aromatic rings. The second-order valence-corrected chi connectivity index (χ2v) is 8.72. The van der Waals surface area contributed by atoms with Gasteiger partial charge in [0.15, 0.2) is 9.84 Å². The highest BCUT2D eigenvalue weighted by Crippen LogP contribution is 2.21. The molecule has 0 N–H and O–H groups in total. The Labute approximate surface area is 138 Å². The molecule has 1 fully saturated rings. The highest BCUT2D eigenvalue weighted by molar-refractivity contribution is 7.92. The molecule has 2 rings (SSSR count). The van der Waals surface area contributed by atoms with Crippen LogP contribution in [0.1, 0.15) is 26.3 Å². The van der Waals surface area contributed by atoms with Crippen LogP contribution in [0.4, 0.5) is 0 Å². The minimum atomic E-state index is -3.08. The van der Waals surface area contributed by atoms with Crippen molar-refractivity contribution < 1.29 is 17.9 Å². The molecular formula is C17H25NO4S. The third-order valence-corrected chi connectivity index (χ3v) is 6.31. The third-order valence-electron chi connectivity index (χ3n) is 3.86. The summed E-state index contributed by atoms with van der Waals surface area (Å²) in [5, 5.41) is -0.394. The van der Waals surface area contributed by atoms with Gasteiger partial charge >= 0.3 is 0 Å². The van der Waals surface area contributed by atoms with E-state index in [4.69, 9.17) is 4.74 Å². The monoisotopic (exact) mass is 339 g/mol. The van der Waals surface area contributed by atoms with Crippen LogP contribution in [-0.4, -0.2) is 49.9 Å². The van der Waals surface area contributed by atoms with E-state index >= 15 is 0 Å². The summed E-state index contributed by atoms with van der Waals surface area (Å²) in [6, 6.07) is 7.43. The summed E-state index contributed by atoms with van der Waals surface area (Å²) >= 11 is 0. The molecule has 5 nitrogen and oxygen atoms in total. The lowest BCUT2D eigenvalue weighted by molar-refractivity contribution is -0.133. The standard InChI is InChI=1S/C17H25NO4S/c1-4-22-15-7-5-14(6-8-15)9-17(19)18-10-16(11-18)23(20,21)12-13(2)3/h5-8,13,16H,4,9-12H2,1-3H3. The number of sulfone groups is 1. The van der Waals surface area contributed by atoms with Gasteiger partial charge in [0.2, 0.25) is 5.91 Å². The average molecular weight is 339 g/mol. The summed E-state index contributed by atoms with van der Waals surface area (Å²) in [5.74, 6) is 1.07. The van der Waals surface area contributed by atoms with E-state index in [1.165, 1.54) is 0 Å². The van der Waals surface area contributed by atoms with Crippen molar-refractivity contribution in [2.24, 2.45) is 5.92 Å². The Bertz CT molecular complexity index is 631. The largest absolute Gasteiger partial charge is 0.494 e. The third kappa shape index (κ3) is 4.70. The van der Waals surface area contributed by atoms with E-state index < -0.39 is 15.1 Å². The molecule has 1 heterocycles. The summed E-state index contributed by atoms with van der Waals surface area (Å²) in [6.07, 6.45) is 0.295. The first kappa shape index (κ1) is 17.8. The maximum Gasteiger partial charge on any atom is 0.227 e. The highest BCUT2D eigenvalue weighted by atomic mass is 32.2. The predicted octanol–water partition coefficient (Wildman–Crippen LogP) is 1.91. The van der Waals surface area contributed by atoms with E-state index in [-0.39, 0.29) is 17.6 Å². The van der Waals surface area contributed by atoms with Crippen LogP contribution in [0.15, 0.2) is 24.3 Å². The number of nitrogens with zero attached hydrogens (tertiary/aromatic N) is 1. The van der Waals surface area contributed by atoms with Crippen LogP contribution >= 0.6 is 0 Å². The smallest absolute Gasteiger partial charge is 0.227 e. The molecule has 6 heteroatoms. The van der Waals surface area contributed by atoms with Gasteiger partial charge in [0.1, 0.15) is 5.75 Å². The van der Waals surface area contributed by atoms with Crippen molar-refractivity contribution in [3.05, 3.63) is 29.8 Å². The van der Waals surface area contributed by atoms with Gasteiger partial charge in [0, 0.05) is 13.1 Å². The first-order chi connectivity index (χ1) is 10.8. The lowest BCUT2D eigenvalue weighted by atomic mass is 10.1. The molecule has 1 amide bonds. The second kappa shape index (κ2) is 7.34. The van der Waals surface area contributed by atoms with Gasteiger partial charge in [-0.3, -0.25) is 4.79 Å². The molecule has 0 saturated carbocycles. The van der Waals surface area contributed by atoms with E-state index in [2.05, 4.69) is 0 Å². The van der Waals surface area contributed by atoms with Crippen LogP contribution in [0.2, 0.25) is 0 Å². The molecule has 0 aromatic heterocycles. The number of hydrogen-bond acceptors (Lipinski definition) is 4. The Kier molecular flexibility index (Phi) is 5.68. The number of ether oxygens (including phenoxy) is 1. The van der Waals surface area contributed by atoms with Gasteiger partial charge in [-0.2, -0.15) is 0 Å². The fourth-order valence-electron chi connectivity index (χ4n) is 2.63. The fraction of sp³-hybridized carbons (Fsp3) is 0.588. The first-order valence-electron chi connectivity index (χ1n) is 8.03. The summed E-state index contributed by atoms with van der Waals surface area (Å²) in [4.78, 5) is 13.8. The van der Waals surface area contributed by atoms with Gasteiger partial charge in [-0.05, 0) is 30.5 Å². The summed E-state index contributed by atoms with van der Waals surface area (Å²) in [6.45, 7) is 6.97. The molecule has 128 valence electrons. The Hall–Kier alpha value is -1.56. The van der Waals surface area contributed by atoms with Crippen molar-refractivity contribution in [3.63, 3.8) is 0 Å². The Morgan fingerprint density at radius 2 is 1.87 bits per heavy atom. The van der Waals surface area contributed by atoms with Crippen molar-refractivity contribution in [1.29, 1.82) is 0 Å². The van der Waals surface area contributed by atoms with Gasteiger partial charge in [-0.1, -0.05) is 26.0 Å². The van der Waals surface area contributed by atoms with E-state index in [0.29, 0.717) is 26.1 Å². The number of hydrogen-bond donors (Lipinski definition) is 0. The molecule has 0 spiro atoms. The number of carbonyl (C=O) groups is 1. The van der Waals surface area contributed by atoms with Gasteiger partial charge < -0.3 is 9.64 Å². The maximum absolute atomic E-state index is 12.2. The number of carbonyl (C=O) groups excluding carboxylic acids is 1. The number of benzene rings is 1. The zero-order chi connectivity index (χ0) is 17.0.